The number of ether oxygens (including phenoxy) is 3. The fourth-order valence-corrected chi connectivity index (χ4v) is 14.4. The summed E-state index contributed by atoms with van der Waals surface area (Å²) in [4.78, 5) is 44.8. The fourth-order valence-electron chi connectivity index (χ4n) is 10.4. The summed E-state index contributed by atoms with van der Waals surface area (Å²) in [6.45, 7) is 14.4. The van der Waals surface area contributed by atoms with E-state index >= 15 is 0 Å². The number of fused-ring (bicyclic) bond motifs is 1. The second kappa shape index (κ2) is 29.4. The third kappa shape index (κ3) is 18.3. The van der Waals surface area contributed by atoms with Gasteiger partial charge in [0.1, 0.15) is 36.5 Å². The molecular weight excluding hydrogens is 1290 g/mol. The fraction of sp³-hybridized carbons (Fsp3) is 0.483. The predicted octanol–water partition coefficient (Wildman–Crippen LogP) is 7.10. The quantitative estimate of drug-likeness (QED) is 0.0353. The average Bonchev–Trinajstić information content (AvgIpc) is 1.73. The topological polar surface area (TPSA) is 372 Å². The van der Waals surface area contributed by atoms with Crippen molar-refractivity contribution in [2.75, 3.05) is 37.1 Å². The first-order valence-corrected chi connectivity index (χ1v) is 34.4. The third-order valence-corrected chi connectivity index (χ3v) is 20.1. The molecule has 486 valence electrons. The molecule has 4 fully saturated rings. The highest BCUT2D eigenvalue weighted by molar-refractivity contribution is 7.84. The molecule has 24 nitrogen and oxygen atoms in total. The van der Waals surface area contributed by atoms with Crippen molar-refractivity contribution in [3.8, 4) is 0 Å². The number of nitrogens with two attached hydrogens (primary N) is 3. The molecule has 0 radical (unpaired) electrons. The van der Waals surface area contributed by atoms with E-state index in [4.69, 9.17) is 57.6 Å². The van der Waals surface area contributed by atoms with Crippen molar-refractivity contribution in [2.45, 2.75) is 140 Å². The average molecular weight is 1370 g/mol. The number of benzene rings is 2. The van der Waals surface area contributed by atoms with Crippen molar-refractivity contribution in [3.05, 3.63) is 150 Å². The van der Waals surface area contributed by atoms with E-state index < -0.39 is 96.2 Å². The van der Waals surface area contributed by atoms with E-state index in [-0.39, 0.29) is 60.9 Å². The van der Waals surface area contributed by atoms with Gasteiger partial charge in [0, 0.05) is 47.5 Å². The monoisotopic (exact) mass is 1370 g/mol. The number of carbonyl (C=O) groups excluding carboxylic acids is 2. The van der Waals surface area contributed by atoms with Crippen LogP contribution in [0.25, 0.3) is 0 Å². The van der Waals surface area contributed by atoms with Gasteiger partial charge in [-0.3, -0.25) is 18.0 Å². The Kier molecular flexibility index (Phi) is 23.6. The molecule has 3 unspecified atom stereocenters. The van der Waals surface area contributed by atoms with E-state index in [0.29, 0.717) is 32.0 Å². The molecule has 4 aromatic heterocycles. The largest absolute Gasteiger partial charge is 0.390 e. The number of aliphatic hydroxyl groups excluding tert-OH is 2. The maximum Gasteiger partial charge on any atom is 0.333 e. The molecule has 2 aliphatic carbocycles. The number of aromatic nitrogens is 4. The molecule has 11 N–H and O–H groups in total. The van der Waals surface area contributed by atoms with Gasteiger partial charge in [0.2, 0.25) is 11.6 Å². The summed E-state index contributed by atoms with van der Waals surface area (Å²) in [5, 5.41) is 41.8. The lowest BCUT2D eigenvalue weighted by Crippen LogP contribution is -2.46. The van der Waals surface area contributed by atoms with E-state index in [2.05, 4.69) is 39.5 Å². The van der Waals surface area contributed by atoms with Crippen LogP contribution in [-0.2, 0) is 65.2 Å². The normalized spacial score (nSPS) is 23.9. The molecule has 6 heterocycles. The smallest absolute Gasteiger partial charge is 0.333 e. The summed E-state index contributed by atoms with van der Waals surface area (Å²) in [7, 11) is -9.80. The first-order valence-electron chi connectivity index (χ1n) is 27.8. The van der Waals surface area contributed by atoms with Crippen LogP contribution in [0, 0.1) is 11.8 Å². The lowest BCUT2D eigenvalue weighted by Gasteiger charge is -2.33. The lowest BCUT2D eigenvalue weighted by molar-refractivity contribution is -0.158. The number of aliphatic hydroxyl groups is 2. The van der Waals surface area contributed by atoms with Crippen LogP contribution in [0.2, 0.25) is 10.0 Å². The summed E-state index contributed by atoms with van der Waals surface area (Å²) in [6.07, 6.45) is 5.03. The van der Waals surface area contributed by atoms with Gasteiger partial charge in [0.05, 0.1) is 85.2 Å². The summed E-state index contributed by atoms with van der Waals surface area (Å²) in [5.41, 5.74) is 8.21. The number of ketones is 2. The molecule has 0 amide bonds. The molecule has 4 aliphatic rings. The van der Waals surface area contributed by atoms with E-state index in [9.17, 15) is 40.8 Å². The van der Waals surface area contributed by atoms with E-state index in [1.54, 1.807) is 55.6 Å². The van der Waals surface area contributed by atoms with E-state index in [1.165, 1.54) is 60.6 Å². The van der Waals surface area contributed by atoms with Gasteiger partial charge in [-0.25, -0.2) is 39.1 Å². The second-order valence-corrected chi connectivity index (χ2v) is 30.5. The first-order chi connectivity index (χ1) is 41.2. The van der Waals surface area contributed by atoms with Crippen LogP contribution >= 0.6 is 45.9 Å². The Morgan fingerprint density at radius 3 is 1.72 bits per heavy atom. The van der Waals surface area contributed by atoms with E-state index in [0.717, 1.165) is 35.5 Å². The standard InChI is InChI=1S/C30H38ClN5O7S3.C23H26ClN5O6S2.C4H8O.CH4/c1-28(2,3)45(38)36-30(6,18-8-7-9-20(31)11-18)19-12-23(44-15-19)24(37)21-13-33-16-34-27(21)35-22-10-17(14-41-46(32,39)40)25-26(22)43-29(4,5)42-25;1-23(25,13-3-2-4-15(24)6-13)14-7-18(36-10-14)20(31)16-8-27-11-28-22(16)29-17-5-12(19(30)21(17)32)9-35-37(26,33)34;1-2-4-5-3-1;/h7-9,11-13,15-17,22,25-26,36H,10,14H2,1-6H3,(H2,32,39,40)(H,33,34,35);2-4,6-8,10-12,17,19,21,30,32H,5,9,25H2,1H3,(H2,26,33,34)(H,27,28,29);1-4H2;1H4/t17-,22-,25-,26+,30?,45?;12-,17-,19-,21+,23?;;/m11../s1. The number of carbonyl (C=O) groups is 2. The van der Waals surface area contributed by atoms with Crippen LogP contribution in [0.1, 0.15) is 134 Å². The summed E-state index contributed by atoms with van der Waals surface area (Å²) >= 11 is 15.0. The van der Waals surface area contributed by atoms with Gasteiger partial charge in [0.25, 0.3) is 0 Å². The molecule has 10 rings (SSSR count). The van der Waals surface area contributed by atoms with Crippen molar-refractivity contribution >= 4 is 101 Å². The van der Waals surface area contributed by atoms with Gasteiger partial charge in [-0.15, -0.1) is 22.7 Å². The number of halogens is 2. The number of thiophene rings is 2. The van der Waals surface area contributed by atoms with Crippen LogP contribution < -0.4 is 31.4 Å². The van der Waals surface area contributed by atoms with Crippen molar-refractivity contribution < 1.29 is 63.4 Å². The Morgan fingerprint density at radius 1 is 0.719 bits per heavy atom. The summed E-state index contributed by atoms with van der Waals surface area (Å²) in [5.74, 6) is -2.18. The van der Waals surface area contributed by atoms with Crippen LogP contribution in [0.5, 0.6) is 0 Å². The van der Waals surface area contributed by atoms with Crippen LogP contribution in [0.15, 0.2) is 96.5 Å². The van der Waals surface area contributed by atoms with E-state index in [1.807, 2.05) is 64.3 Å². The number of hydrogen-bond acceptors (Lipinski definition) is 23. The van der Waals surface area contributed by atoms with Gasteiger partial charge in [-0.2, -0.15) is 16.8 Å². The number of nitrogens with zero attached hydrogens (tertiary/aromatic N) is 4. The van der Waals surface area contributed by atoms with Gasteiger partial charge < -0.3 is 40.8 Å². The lowest BCUT2D eigenvalue weighted by atomic mass is 9.87. The Bertz CT molecular complexity index is 3690. The minimum Gasteiger partial charge on any atom is -0.390 e. The third-order valence-electron chi connectivity index (χ3n) is 15.2. The molecule has 89 heavy (non-hydrogen) atoms. The number of nitrogens with one attached hydrogen (secondary N) is 3. The Hall–Kier alpha value is -4.87. The number of hydrogen-bond donors (Lipinski definition) is 8. The van der Waals surface area contributed by atoms with Crippen molar-refractivity contribution in [3.63, 3.8) is 0 Å². The highest BCUT2D eigenvalue weighted by Crippen LogP contribution is 2.44. The van der Waals surface area contributed by atoms with Crippen molar-refractivity contribution in [2.24, 2.45) is 27.8 Å². The molecule has 6 aromatic rings. The minimum atomic E-state index is -4.20. The van der Waals surface area contributed by atoms with Crippen molar-refractivity contribution in [1.29, 1.82) is 0 Å². The molecule has 2 saturated heterocycles. The van der Waals surface area contributed by atoms with Gasteiger partial charge >= 0.3 is 20.6 Å². The zero-order valence-electron chi connectivity index (χ0n) is 49.1. The molecule has 2 saturated carbocycles. The zero-order chi connectivity index (χ0) is 64.1. The number of rotatable bonds is 20. The maximum absolute atomic E-state index is 14.0. The Morgan fingerprint density at radius 2 is 1.20 bits per heavy atom. The SMILES string of the molecule is C.C1CCOC1.CC(N)(c1cccc(Cl)c1)c1csc(C(=O)c2cncnc2N[C@@H]2C[C@H](COS(N)(=O)=O)[C@@H](O)[C@H]2O)c1.CC1(C)O[C@@H]2[C@@H](COS(N)(=O)=O)C[C@@H](Nc3ncncc3C(=O)c3cc(C(C)(NS(=O)C(C)(C)C)c4cccc(Cl)c4)cs3)[C@@H]2O1. The summed E-state index contributed by atoms with van der Waals surface area (Å²) in [6, 6.07) is 16.9. The predicted molar refractivity (Wildman–Crippen MR) is 342 cm³/mol. The first kappa shape index (κ1) is 71.6. The van der Waals surface area contributed by atoms with Gasteiger partial charge in [-0.05, 0) is 144 Å². The van der Waals surface area contributed by atoms with Crippen LogP contribution in [-0.4, -0.2) is 136 Å². The molecule has 2 aliphatic heterocycles. The zero-order valence-corrected chi connectivity index (χ0v) is 54.7. The van der Waals surface area contributed by atoms with Crippen molar-refractivity contribution in [1.82, 2.24) is 24.7 Å². The highest BCUT2D eigenvalue weighted by Gasteiger charge is 2.54. The molecule has 0 bridgehead atoms. The highest BCUT2D eigenvalue weighted by atomic mass is 35.5. The number of anilines is 2. The molecule has 31 heteroatoms. The van der Waals surface area contributed by atoms with Gasteiger partial charge in [-0.1, -0.05) is 54.9 Å². The molecule has 11 atom stereocenters. The maximum atomic E-state index is 14.0. The second-order valence-electron chi connectivity index (χ2n) is 23.4. The molecule has 0 spiro atoms. The Labute approximate surface area is 539 Å². The molecule has 2 aromatic carbocycles. The molecular formula is C58H76Cl2N10O14S5. The van der Waals surface area contributed by atoms with Crippen LogP contribution in [0.4, 0.5) is 11.6 Å². The van der Waals surface area contributed by atoms with Gasteiger partial charge in [0.15, 0.2) is 5.79 Å². The summed E-state index contributed by atoms with van der Waals surface area (Å²) < 4.78 is 87.9. The Balaban J connectivity index is 0.000000236. The minimum absolute atomic E-state index is 0. The van der Waals surface area contributed by atoms with Crippen LogP contribution in [0.3, 0.4) is 0 Å².